The van der Waals surface area contributed by atoms with Gasteiger partial charge >= 0.3 is 0 Å². The molecule has 1 saturated heterocycles. The molecule has 2 atom stereocenters. The first-order valence-electron chi connectivity index (χ1n) is 5.44. The molecule has 0 aromatic heterocycles. The molecule has 0 bridgehead atoms. The van der Waals surface area contributed by atoms with Crippen LogP contribution in [0.15, 0.2) is 0 Å². The lowest BCUT2D eigenvalue weighted by atomic mass is 9.82. The summed E-state index contributed by atoms with van der Waals surface area (Å²) < 4.78 is 0. The van der Waals surface area contributed by atoms with Crippen LogP contribution >= 0.6 is 0 Å². The van der Waals surface area contributed by atoms with Gasteiger partial charge in [-0.15, -0.1) is 0 Å². The molecule has 1 rings (SSSR count). The minimum Gasteiger partial charge on any atom is -0.345 e. The fourth-order valence-electron chi connectivity index (χ4n) is 2.37. The predicted molar refractivity (Wildman–Crippen MR) is 58.0 cm³/mol. The van der Waals surface area contributed by atoms with Gasteiger partial charge in [0.15, 0.2) is 0 Å². The molecule has 2 unspecified atom stereocenters. The first-order chi connectivity index (χ1) is 6.56. The molecule has 1 heterocycles. The maximum Gasteiger partial charge on any atom is 0.222 e. The van der Waals surface area contributed by atoms with Gasteiger partial charge in [0.05, 0.1) is 0 Å². The van der Waals surface area contributed by atoms with E-state index in [1.54, 1.807) is 0 Å². The minimum absolute atomic E-state index is 0.303. The van der Waals surface area contributed by atoms with Crippen LogP contribution in [0.25, 0.3) is 0 Å². The van der Waals surface area contributed by atoms with E-state index in [9.17, 15) is 4.79 Å². The second-order valence-electron chi connectivity index (χ2n) is 4.70. The number of likely N-dealkylation sites (tertiary alicyclic amines) is 1. The highest BCUT2D eigenvalue weighted by atomic mass is 16.2. The molecule has 0 radical (unpaired) electrons. The van der Waals surface area contributed by atoms with Gasteiger partial charge in [-0.25, -0.2) is 0 Å². The summed E-state index contributed by atoms with van der Waals surface area (Å²) in [5.41, 5.74) is 0. The minimum atomic E-state index is 0.303. The quantitative estimate of drug-likeness (QED) is 0.729. The zero-order valence-electron chi connectivity index (χ0n) is 9.71. The van der Waals surface area contributed by atoms with Gasteiger partial charge in [0, 0.05) is 20.0 Å². The van der Waals surface area contributed by atoms with Crippen LogP contribution in [0.5, 0.6) is 0 Å². The van der Waals surface area contributed by atoms with Gasteiger partial charge in [0.2, 0.25) is 5.91 Å². The summed E-state index contributed by atoms with van der Waals surface area (Å²) in [7, 11) is 3.88. The Morgan fingerprint density at radius 2 is 2.21 bits per heavy atom. The molecule has 1 amide bonds. The standard InChI is InChI=1S/C11H22N2O/c1-8(2)10(6-12-3)9-5-11(14)13(4)7-9/h8-10,12H,5-7H2,1-4H3. The van der Waals surface area contributed by atoms with Crippen molar-refractivity contribution < 1.29 is 4.79 Å². The van der Waals surface area contributed by atoms with Crippen LogP contribution in [-0.4, -0.2) is 38.0 Å². The van der Waals surface area contributed by atoms with Crippen molar-refractivity contribution in [3.05, 3.63) is 0 Å². The average Bonchev–Trinajstić information content (AvgIpc) is 2.42. The van der Waals surface area contributed by atoms with E-state index < -0.39 is 0 Å². The molecule has 0 aliphatic carbocycles. The zero-order chi connectivity index (χ0) is 10.7. The van der Waals surface area contributed by atoms with Crippen molar-refractivity contribution in [2.24, 2.45) is 17.8 Å². The molecule has 14 heavy (non-hydrogen) atoms. The molecule has 1 N–H and O–H groups in total. The van der Waals surface area contributed by atoms with E-state index in [1.165, 1.54) is 0 Å². The fourth-order valence-corrected chi connectivity index (χ4v) is 2.37. The van der Waals surface area contributed by atoms with Gasteiger partial charge in [-0.05, 0) is 31.3 Å². The molecule has 0 spiro atoms. The van der Waals surface area contributed by atoms with E-state index in [0.29, 0.717) is 23.7 Å². The third kappa shape index (κ3) is 2.47. The normalized spacial score (nSPS) is 24.8. The summed E-state index contributed by atoms with van der Waals surface area (Å²) in [6, 6.07) is 0. The summed E-state index contributed by atoms with van der Waals surface area (Å²) in [5.74, 6) is 2.11. The molecule has 0 saturated carbocycles. The van der Waals surface area contributed by atoms with E-state index in [2.05, 4.69) is 19.2 Å². The van der Waals surface area contributed by atoms with Gasteiger partial charge in [-0.3, -0.25) is 4.79 Å². The monoisotopic (exact) mass is 198 g/mol. The van der Waals surface area contributed by atoms with Crippen molar-refractivity contribution in [1.29, 1.82) is 0 Å². The van der Waals surface area contributed by atoms with E-state index in [-0.39, 0.29) is 0 Å². The number of amides is 1. The van der Waals surface area contributed by atoms with Gasteiger partial charge in [0.1, 0.15) is 0 Å². The number of hydrogen-bond acceptors (Lipinski definition) is 2. The van der Waals surface area contributed by atoms with Crippen molar-refractivity contribution in [1.82, 2.24) is 10.2 Å². The predicted octanol–water partition coefficient (Wildman–Crippen LogP) is 0.956. The summed E-state index contributed by atoms with van der Waals surface area (Å²) in [4.78, 5) is 13.3. The second kappa shape index (κ2) is 4.78. The molecule has 1 fully saturated rings. The first kappa shape index (κ1) is 11.5. The van der Waals surface area contributed by atoms with E-state index in [0.717, 1.165) is 19.5 Å². The maximum absolute atomic E-state index is 11.4. The van der Waals surface area contributed by atoms with Gasteiger partial charge < -0.3 is 10.2 Å². The number of nitrogens with zero attached hydrogens (tertiary/aromatic N) is 1. The highest BCUT2D eigenvalue weighted by Gasteiger charge is 2.33. The summed E-state index contributed by atoms with van der Waals surface area (Å²) in [5, 5.41) is 3.23. The average molecular weight is 198 g/mol. The lowest BCUT2D eigenvalue weighted by Gasteiger charge is -2.26. The Bertz CT molecular complexity index is 203. The number of nitrogens with one attached hydrogen (secondary N) is 1. The van der Waals surface area contributed by atoms with Crippen molar-refractivity contribution in [2.45, 2.75) is 20.3 Å². The fraction of sp³-hybridized carbons (Fsp3) is 0.909. The number of carbonyl (C=O) groups is 1. The Hall–Kier alpha value is -0.570. The summed E-state index contributed by atoms with van der Waals surface area (Å²) in [6.45, 7) is 6.43. The molecule has 0 aromatic rings. The Labute approximate surface area is 86.9 Å². The molecule has 82 valence electrons. The van der Waals surface area contributed by atoms with Crippen LogP contribution in [0.2, 0.25) is 0 Å². The van der Waals surface area contributed by atoms with Crippen LogP contribution in [0, 0.1) is 17.8 Å². The molecule has 1 aliphatic heterocycles. The number of rotatable bonds is 4. The van der Waals surface area contributed by atoms with Crippen LogP contribution < -0.4 is 5.32 Å². The van der Waals surface area contributed by atoms with Crippen molar-refractivity contribution >= 4 is 5.91 Å². The molecule has 3 nitrogen and oxygen atoms in total. The molecule has 3 heteroatoms. The zero-order valence-corrected chi connectivity index (χ0v) is 9.71. The lowest BCUT2D eigenvalue weighted by molar-refractivity contribution is -0.126. The third-order valence-corrected chi connectivity index (χ3v) is 3.27. The Kier molecular flexibility index (Phi) is 3.93. The Morgan fingerprint density at radius 1 is 1.57 bits per heavy atom. The molecular weight excluding hydrogens is 176 g/mol. The largest absolute Gasteiger partial charge is 0.345 e. The topological polar surface area (TPSA) is 32.3 Å². The highest BCUT2D eigenvalue weighted by molar-refractivity contribution is 5.78. The van der Waals surface area contributed by atoms with E-state index >= 15 is 0 Å². The lowest BCUT2D eigenvalue weighted by Crippen LogP contribution is -2.31. The number of hydrogen-bond donors (Lipinski definition) is 1. The third-order valence-electron chi connectivity index (χ3n) is 3.27. The second-order valence-corrected chi connectivity index (χ2v) is 4.70. The van der Waals surface area contributed by atoms with Crippen molar-refractivity contribution in [2.75, 3.05) is 27.2 Å². The summed E-state index contributed by atoms with van der Waals surface area (Å²) in [6.07, 6.45) is 0.737. The van der Waals surface area contributed by atoms with Gasteiger partial charge in [-0.2, -0.15) is 0 Å². The maximum atomic E-state index is 11.4. The molecule has 0 aromatic carbocycles. The van der Waals surface area contributed by atoms with Crippen LogP contribution in [0.1, 0.15) is 20.3 Å². The van der Waals surface area contributed by atoms with Gasteiger partial charge in [-0.1, -0.05) is 13.8 Å². The highest BCUT2D eigenvalue weighted by Crippen LogP contribution is 2.28. The smallest absolute Gasteiger partial charge is 0.222 e. The van der Waals surface area contributed by atoms with E-state index in [4.69, 9.17) is 0 Å². The molecule has 1 aliphatic rings. The van der Waals surface area contributed by atoms with Gasteiger partial charge in [0.25, 0.3) is 0 Å². The van der Waals surface area contributed by atoms with Crippen molar-refractivity contribution in [3.8, 4) is 0 Å². The van der Waals surface area contributed by atoms with Crippen LogP contribution in [-0.2, 0) is 4.79 Å². The first-order valence-corrected chi connectivity index (χ1v) is 5.44. The van der Waals surface area contributed by atoms with Crippen LogP contribution in [0.3, 0.4) is 0 Å². The van der Waals surface area contributed by atoms with Crippen molar-refractivity contribution in [3.63, 3.8) is 0 Å². The Morgan fingerprint density at radius 3 is 2.57 bits per heavy atom. The number of carbonyl (C=O) groups excluding carboxylic acids is 1. The van der Waals surface area contributed by atoms with Crippen LogP contribution in [0.4, 0.5) is 0 Å². The van der Waals surface area contributed by atoms with E-state index in [1.807, 2.05) is 19.0 Å². The Balaban J connectivity index is 2.57. The SMILES string of the molecule is CNCC(C(C)C)C1CC(=O)N(C)C1. The molecular formula is C11H22N2O. The summed E-state index contributed by atoms with van der Waals surface area (Å²) >= 11 is 0.